The Hall–Kier alpha value is -1.04. The first-order valence-electron chi connectivity index (χ1n) is 6.71. The molecule has 1 aromatic heterocycles. The van der Waals surface area contributed by atoms with Gasteiger partial charge >= 0.3 is 6.18 Å². The van der Waals surface area contributed by atoms with Crippen molar-refractivity contribution >= 4 is 0 Å². The lowest BCUT2D eigenvalue weighted by atomic mass is 10.1. The number of nitrogens with zero attached hydrogens (tertiary/aromatic N) is 2. The zero-order chi connectivity index (χ0) is 14.5. The van der Waals surface area contributed by atoms with Gasteiger partial charge in [-0.15, -0.1) is 0 Å². The summed E-state index contributed by atoms with van der Waals surface area (Å²) in [5.41, 5.74) is 1.96. The van der Waals surface area contributed by atoms with E-state index >= 15 is 0 Å². The molecule has 0 saturated heterocycles. The molecular weight excluding hydrogens is 255 g/mol. The Morgan fingerprint density at radius 3 is 2.53 bits per heavy atom. The van der Waals surface area contributed by atoms with Crippen molar-refractivity contribution in [2.45, 2.75) is 58.3 Å². The number of alkyl halides is 3. The van der Waals surface area contributed by atoms with E-state index in [1.54, 1.807) is 7.05 Å². The third-order valence-electron chi connectivity index (χ3n) is 3.18. The highest BCUT2D eigenvalue weighted by molar-refractivity contribution is 5.14. The van der Waals surface area contributed by atoms with Crippen molar-refractivity contribution in [3.63, 3.8) is 0 Å². The standard InChI is InChI=1S/C13H22F3N3/c1-4-10-9-12(19(5-2)18-10)11(17-3)7-6-8-13(14,15)16/h9,11,17H,4-8H2,1-3H3. The highest BCUT2D eigenvalue weighted by Crippen LogP contribution is 2.26. The summed E-state index contributed by atoms with van der Waals surface area (Å²) >= 11 is 0. The molecule has 1 heterocycles. The molecule has 1 aromatic rings. The van der Waals surface area contributed by atoms with E-state index in [9.17, 15) is 13.2 Å². The number of nitrogens with one attached hydrogen (secondary N) is 1. The summed E-state index contributed by atoms with van der Waals surface area (Å²) in [7, 11) is 1.77. The summed E-state index contributed by atoms with van der Waals surface area (Å²) in [5.74, 6) is 0. The van der Waals surface area contributed by atoms with Crippen LogP contribution in [0.15, 0.2) is 6.07 Å². The summed E-state index contributed by atoms with van der Waals surface area (Å²) < 4.78 is 38.4. The topological polar surface area (TPSA) is 29.9 Å². The van der Waals surface area contributed by atoms with Gasteiger partial charge in [0.15, 0.2) is 0 Å². The molecule has 0 amide bonds. The molecule has 0 fully saturated rings. The van der Waals surface area contributed by atoms with Crippen LogP contribution in [0.3, 0.4) is 0 Å². The molecule has 19 heavy (non-hydrogen) atoms. The third kappa shape index (κ3) is 4.86. The number of rotatable bonds is 7. The number of hydrogen-bond acceptors (Lipinski definition) is 2. The molecule has 0 aliphatic carbocycles. The van der Waals surface area contributed by atoms with Crippen molar-refractivity contribution in [1.82, 2.24) is 15.1 Å². The van der Waals surface area contributed by atoms with Crippen LogP contribution < -0.4 is 5.32 Å². The fraction of sp³-hybridized carbons (Fsp3) is 0.769. The van der Waals surface area contributed by atoms with Gasteiger partial charge < -0.3 is 5.32 Å². The van der Waals surface area contributed by atoms with Crippen LogP contribution >= 0.6 is 0 Å². The smallest absolute Gasteiger partial charge is 0.312 e. The summed E-state index contributed by atoms with van der Waals surface area (Å²) in [4.78, 5) is 0. The van der Waals surface area contributed by atoms with Crippen LogP contribution in [-0.2, 0) is 13.0 Å². The zero-order valence-electron chi connectivity index (χ0n) is 11.7. The first-order valence-corrected chi connectivity index (χ1v) is 6.71. The number of aryl methyl sites for hydroxylation is 2. The van der Waals surface area contributed by atoms with Gasteiger partial charge in [-0.05, 0) is 39.3 Å². The highest BCUT2D eigenvalue weighted by atomic mass is 19.4. The largest absolute Gasteiger partial charge is 0.389 e. The first kappa shape index (κ1) is 16.0. The predicted molar refractivity (Wildman–Crippen MR) is 69.0 cm³/mol. The molecule has 110 valence electrons. The van der Waals surface area contributed by atoms with Gasteiger partial charge in [0, 0.05) is 19.0 Å². The molecule has 1 atom stereocenters. The Morgan fingerprint density at radius 1 is 1.37 bits per heavy atom. The molecular formula is C13H22F3N3. The van der Waals surface area contributed by atoms with Crippen LogP contribution in [0.1, 0.15) is 50.5 Å². The molecule has 3 nitrogen and oxygen atoms in total. The maximum atomic E-state index is 12.2. The Bertz CT molecular complexity index is 385. The third-order valence-corrected chi connectivity index (χ3v) is 3.18. The summed E-state index contributed by atoms with van der Waals surface area (Å²) in [6.45, 7) is 4.73. The van der Waals surface area contributed by atoms with Crippen LogP contribution in [0.5, 0.6) is 0 Å². The lowest BCUT2D eigenvalue weighted by Crippen LogP contribution is -2.21. The van der Waals surface area contributed by atoms with Crippen molar-refractivity contribution < 1.29 is 13.2 Å². The van der Waals surface area contributed by atoms with E-state index in [1.165, 1.54) is 0 Å². The minimum Gasteiger partial charge on any atom is -0.312 e. The van der Waals surface area contributed by atoms with E-state index in [-0.39, 0.29) is 12.5 Å². The minimum absolute atomic E-state index is 0.0740. The van der Waals surface area contributed by atoms with E-state index in [0.29, 0.717) is 6.42 Å². The van der Waals surface area contributed by atoms with Gasteiger partial charge in [0.2, 0.25) is 0 Å². The predicted octanol–water partition coefficient (Wildman–Crippen LogP) is 3.46. The molecule has 1 unspecified atom stereocenters. The van der Waals surface area contributed by atoms with E-state index in [0.717, 1.165) is 24.4 Å². The van der Waals surface area contributed by atoms with E-state index < -0.39 is 12.6 Å². The minimum atomic E-state index is -4.07. The molecule has 6 heteroatoms. The van der Waals surface area contributed by atoms with Crippen molar-refractivity contribution in [2.24, 2.45) is 0 Å². The SMILES string of the molecule is CCc1cc(C(CCCC(F)(F)F)NC)n(CC)n1. The average Bonchev–Trinajstić information content (AvgIpc) is 2.76. The zero-order valence-corrected chi connectivity index (χ0v) is 11.7. The number of hydrogen-bond donors (Lipinski definition) is 1. The van der Waals surface area contributed by atoms with Gasteiger partial charge in [-0.1, -0.05) is 6.92 Å². The maximum absolute atomic E-state index is 12.2. The van der Waals surface area contributed by atoms with Crippen molar-refractivity contribution in [3.8, 4) is 0 Å². The summed E-state index contributed by atoms with van der Waals surface area (Å²) in [5, 5.41) is 7.52. The Morgan fingerprint density at radius 2 is 2.05 bits per heavy atom. The Labute approximate surface area is 112 Å². The molecule has 0 aliphatic heterocycles. The van der Waals surface area contributed by atoms with Crippen molar-refractivity contribution in [3.05, 3.63) is 17.5 Å². The van der Waals surface area contributed by atoms with Gasteiger partial charge in [-0.25, -0.2) is 0 Å². The normalized spacial score (nSPS) is 13.8. The molecule has 1 N–H and O–H groups in total. The number of halogens is 3. The Balaban J connectivity index is 2.71. The van der Waals surface area contributed by atoms with Crippen LogP contribution in [0.25, 0.3) is 0 Å². The molecule has 0 spiro atoms. The molecule has 0 aliphatic rings. The van der Waals surface area contributed by atoms with Crippen molar-refractivity contribution in [1.29, 1.82) is 0 Å². The fourth-order valence-corrected chi connectivity index (χ4v) is 2.14. The molecule has 0 radical (unpaired) electrons. The quantitative estimate of drug-likeness (QED) is 0.827. The highest BCUT2D eigenvalue weighted by Gasteiger charge is 2.27. The van der Waals surface area contributed by atoms with Gasteiger partial charge in [0.25, 0.3) is 0 Å². The molecule has 0 aromatic carbocycles. The van der Waals surface area contributed by atoms with E-state index in [2.05, 4.69) is 10.4 Å². The summed E-state index contributed by atoms with van der Waals surface area (Å²) in [6, 6.07) is 1.91. The van der Waals surface area contributed by atoms with Gasteiger partial charge in [-0.3, -0.25) is 4.68 Å². The van der Waals surface area contributed by atoms with Gasteiger partial charge in [-0.2, -0.15) is 18.3 Å². The van der Waals surface area contributed by atoms with E-state index in [1.807, 2.05) is 24.6 Å². The molecule has 1 rings (SSSR count). The second kappa shape index (κ2) is 6.93. The second-order valence-electron chi connectivity index (χ2n) is 4.58. The number of aromatic nitrogens is 2. The summed E-state index contributed by atoms with van der Waals surface area (Å²) in [6.07, 6.45) is -3.38. The van der Waals surface area contributed by atoms with Gasteiger partial charge in [0.05, 0.1) is 11.4 Å². The van der Waals surface area contributed by atoms with E-state index in [4.69, 9.17) is 0 Å². The van der Waals surface area contributed by atoms with Crippen LogP contribution in [0.4, 0.5) is 13.2 Å². The molecule has 0 saturated carbocycles. The van der Waals surface area contributed by atoms with Crippen LogP contribution in [-0.4, -0.2) is 23.0 Å². The lowest BCUT2D eigenvalue weighted by Gasteiger charge is -2.17. The monoisotopic (exact) mass is 277 g/mol. The first-order chi connectivity index (χ1) is 8.91. The van der Waals surface area contributed by atoms with Crippen molar-refractivity contribution in [2.75, 3.05) is 7.05 Å². The Kier molecular flexibility index (Phi) is 5.85. The molecule has 0 bridgehead atoms. The fourth-order valence-electron chi connectivity index (χ4n) is 2.14. The second-order valence-corrected chi connectivity index (χ2v) is 4.58. The lowest BCUT2D eigenvalue weighted by molar-refractivity contribution is -0.135. The van der Waals surface area contributed by atoms with Crippen LogP contribution in [0, 0.1) is 0 Å². The van der Waals surface area contributed by atoms with Crippen LogP contribution in [0.2, 0.25) is 0 Å². The average molecular weight is 277 g/mol. The van der Waals surface area contributed by atoms with Gasteiger partial charge in [0.1, 0.15) is 0 Å². The maximum Gasteiger partial charge on any atom is 0.389 e.